The quantitative estimate of drug-likeness (QED) is 0.202. The first-order chi connectivity index (χ1) is 20.4. The van der Waals surface area contributed by atoms with Gasteiger partial charge in [0.2, 0.25) is 0 Å². The van der Waals surface area contributed by atoms with Gasteiger partial charge in [0.1, 0.15) is 12.3 Å². The zero-order valence-electron chi connectivity index (χ0n) is 27.2. The predicted octanol–water partition coefficient (Wildman–Crippen LogP) is 7.22. The Morgan fingerprint density at radius 2 is 1.49 bits per heavy atom. The van der Waals surface area contributed by atoms with Gasteiger partial charge in [-0.15, -0.1) is 0 Å². The summed E-state index contributed by atoms with van der Waals surface area (Å²) in [6, 6.07) is 18.1. The molecule has 2 aromatic rings. The number of benzene rings is 2. The van der Waals surface area contributed by atoms with Gasteiger partial charge in [-0.1, -0.05) is 79.7 Å². The SMILES string of the molecule is CC(C)C[C@@H](Oc1cccc(-c2ccc(N3CCN(C(=O)O[Si](C(C)C)(C(C)C)C(C)C)CC3)cc2)c1)C(=O)NCC#N. The molecule has 1 aliphatic heterocycles. The summed E-state index contributed by atoms with van der Waals surface area (Å²) in [6.07, 6.45) is -0.267. The van der Waals surface area contributed by atoms with Gasteiger partial charge >= 0.3 is 6.09 Å². The molecule has 0 unspecified atom stereocenters. The van der Waals surface area contributed by atoms with E-state index in [9.17, 15) is 9.59 Å². The van der Waals surface area contributed by atoms with Crippen LogP contribution in [0.4, 0.5) is 10.5 Å². The highest BCUT2D eigenvalue weighted by atomic mass is 28.4. The molecule has 1 heterocycles. The third-order valence-corrected chi connectivity index (χ3v) is 14.4. The Morgan fingerprint density at radius 3 is 2.02 bits per heavy atom. The molecule has 0 radical (unpaired) electrons. The van der Waals surface area contributed by atoms with Crippen molar-refractivity contribution in [2.45, 2.75) is 84.5 Å². The molecule has 1 aliphatic rings. The second-order valence-electron chi connectivity index (χ2n) is 12.8. The van der Waals surface area contributed by atoms with Gasteiger partial charge in [-0.05, 0) is 64.4 Å². The first kappa shape index (κ1) is 34.0. The van der Waals surface area contributed by atoms with Gasteiger partial charge in [0.15, 0.2) is 6.10 Å². The average molecular weight is 607 g/mol. The number of hydrogen-bond donors (Lipinski definition) is 1. The number of carbonyl (C=O) groups excluding carboxylic acids is 2. The Kier molecular flexibility index (Phi) is 12.1. The molecule has 0 spiro atoms. The molecule has 1 saturated heterocycles. The van der Waals surface area contributed by atoms with Crippen molar-refractivity contribution in [2.24, 2.45) is 5.92 Å². The molecular weight excluding hydrogens is 556 g/mol. The maximum Gasteiger partial charge on any atom is 0.396 e. The van der Waals surface area contributed by atoms with Gasteiger partial charge in [0, 0.05) is 31.9 Å². The zero-order chi connectivity index (χ0) is 31.7. The zero-order valence-corrected chi connectivity index (χ0v) is 28.2. The number of hydrogen-bond acceptors (Lipinski definition) is 6. The molecular formula is C34H50N4O4Si. The van der Waals surface area contributed by atoms with E-state index in [4.69, 9.17) is 14.4 Å². The van der Waals surface area contributed by atoms with Crippen molar-refractivity contribution < 1.29 is 18.8 Å². The van der Waals surface area contributed by atoms with Crippen molar-refractivity contribution in [3.63, 3.8) is 0 Å². The van der Waals surface area contributed by atoms with Crippen LogP contribution < -0.4 is 15.0 Å². The number of carbonyl (C=O) groups is 2. The Labute approximate surface area is 259 Å². The second kappa shape index (κ2) is 15.3. The summed E-state index contributed by atoms with van der Waals surface area (Å²) in [5.74, 6) is 0.595. The van der Waals surface area contributed by atoms with Crippen molar-refractivity contribution in [1.82, 2.24) is 10.2 Å². The number of nitrogens with zero attached hydrogens (tertiary/aromatic N) is 3. The van der Waals surface area contributed by atoms with Gasteiger partial charge < -0.3 is 24.3 Å². The Balaban J connectivity index is 1.64. The Hall–Kier alpha value is -3.51. The maximum atomic E-state index is 13.3. The lowest BCUT2D eigenvalue weighted by molar-refractivity contribution is -0.128. The Bertz CT molecular complexity index is 1230. The minimum atomic E-state index is -2.27. The number of anilines is 1. The van der Waals surface area contributed by atoms with Crippen LogP contribution in [0.2, 0.25) is 16.6 Å². The Morgan fingerprint density at radius 1 is 0.884 bits per heavy atom. The van der Waals surface area contributed by atoms with Gasteiger partial charge in [-0.25, -0.2) is 4.79 Å². The largest absolute Gasteiger partial charge is 0.503 e. The van der Waals surface area contributed by atoms with Crippen LogP contribution in [0, 0.1) is 17.2 Å². The molecule has 9 heteroatoms. The second-order valence-corrected chi connectivity index (χ2v) is 18.2. The minimum absolute atomic E-state index is 0.0427. The number of nitrogens with one attached hydrogen (secondary N) is 1. The average Bonchev–Trinajstić information content (AvgIpc) is 2.97. The number of piperazine rings is 1. The van der Waals surface area contributed by atoms with Crippen LogP contribution in [0.1, 0.15) is 61.8 Å². The first-order valence-corrected chi connectivity index (χ1v) is 17.8. The van der Waals surface area contributed by atoms with E-state index in [0.717, 1.165) is 29.9 Å². The van der Waals surface area contributed by atoms with E-state index in [0.29, 0.717) is 41.9 Å². The van der Waals surface area contributed by atoms with Crippen molar-refractivity contribution in [1.29, 1.82) is 5.26 Å². The summed E-state index contributed by atoms with van der Waals surface area (Å²) in [6.45, 7) is 20.0. The summed E-state index contributed by atoms with van der Waals surface area (Å²) < 4.78 is 12.5. The van der Waals surface area contributed by atoms with Gasteiger partial charge in [0.05, 0.1) is 6.07 Å². The molecule has 1 fully saturated rings. The summed E-state index contributed by atoms with van der Waals surface area (Å²) in [5, 5.41) is 11.4. The highest BCUT2D eigenvalue weighted by Crippen LogP contribution is 2.42. The molecule has 43 heavy (non-hydrogen) atoms. The maximum absolute atomic E-state index is 13.3. The lowest BCUT2D eigenvalue weighted by atomic mass is 10.0. The number of nitriles is 1. The third kappa shape index (κ3) is 8.53. The fraction of sp³-hybridized carbons (Fsp3) is 0.559. The van der Waals surface area contributed by atoms with Gasteiger partial charge in [-0.3, -0.25) is 4.79 Å². The van der Waals surface area contributed by atoms with Crippen molar-refractivity contribution in [3.05, 3.63) is 48.5 Å². The van der Waals surface area contributed by atoms with Crippen LogP contribution in [0.5, 0.6) is 5.75 Å². The van der Waals surface area contributed by atoms with Crippen LogP contribution >= 0.6 is 0 Å². The molecule has 2 amide bonds. The molecule has 0 bridgehead atoms. The monoisotopic (exact) mass is 606 g/mol. The molecule has 1 atom stereocenters. The molecule has 0 saturated carbocycles. The normalized spacial score (nSPS) is 14.7. The van der Waals surface area contributed by atoms with Crippen LogP contribution in [-0.2, 0) is 9.22 Å². The molecule has 234 valence electrons. The fourth-order valence-electron chi connectivity index (χ4n) is 6.37. The van der Waals surface area contributed by atoms with E-state index in [2.05, 4.69) is 76.0 Å². The molecule has 8 nitrogen and oxygen atoms in total. The van der Waals surface area contributed by atoms with E-state index < -0.39 is 14.4 Å². The number of amides is 2. The van der Waals surface area contributed by atoms with Crippen molar-refractivity contribution in [3.8, 4) is 22.9 Å². The van der Waals surface area contributed by atoms with Gasteiger partial charge in [0.25, 0.3) is 14.2 Å². The molecule has 3 rings (SSSR count). The summed E-state index contributed by atoms with van der Waals surface area (Å²) in [7, 11) is -2.27. The van der Waals surface area contributed by atoms with E-state index in [1.54, 1.807) is 0 Å². The lowest BCUT2D eigenvalue weighted by Crippen LogP contribution is -2.55. The van der Waals surface area contributed by atoms with Crippen LogP contribution in [0.15, 0.2) is 48.5 Å². The third-order valence-electron chi connectivity index (χ3n) is 8.51. The van der Waals surface area contributed by atoms with Crippen LogP contribution in [0.3, 0.4) is 0 Å². The molecule has 1 N–H and O–H groups in total. The van der Waals surface area contributed by atoms with Crippen LogP contribution in [0.25, 0.3) is 11.1 Å². The highest BCUT2D eigenvalue weighted by Gasteiger charge is 2.49. The fourth-order valence-corrected chi connectivity index (χ4v) is 11.5. The molecule has 2 aromatic carbocycles. The topological polar surface area (TPSA) is 94.9 Å². The highest BCUT2D eigenvalue weighted by molar-refractivity contribution is 6.78. The van der Waals surface area contributed by atoms with E-state index in [-0.39, 0.29) is 24.5 Å². The van der Waals surface area contributed by atoms with E-state index in [1.165, 1.54) is 0 Å². The summed E-state index contributed by atoms with van der Waals surface area (Å²) >= 11 is 0. The lowest BCUT2D eigenvalue weighted by Gasteiger charge is -2.43. The molecule has 0 aromatic heterocycles. The van der Waals surface area contributed by atoms with Gasteiger partial charge in [-0.2, -0.15) is 5.26 Å². The summed E-state index contributed by atoms with van der Waals surface area (Å²) in [5.41, 5.74) is 4.23. The smallest absolute Gasteiger partial charge is 0.396 e. The van der Waals surface area contributed by atoms with Crippen LogP contribution in [-0.4, -0.2) is 64.0 Å². The molecule has 0 aliphatic carbocycles. The number of rotatable bonds is 12. The van der Waals surface area contributed by atoms with E-state index >= 15 is 0 Å². The van der Waals surface area contributed by atoms with Crippen molar-refractivity contribution in [2.75, 3.05) is 37.6 Å². The first-order valence-electron chi connectivity index (χ1n) is 15.6. The van der Waals surface area contributed by atoms with E-state index in [1.807, 2.05) is 49.1 Å². The van der Waals surface area contributed by atoms with Crippen molar-refractivity contribution >= 4 is 26.0 Å². The standard InChI is InChI=1S/C34H50N4O4Si/c1-24(2)22-32(33(39)36-17-16-35)41-31-11-9-10-29(23-31)28-12-14-30(15-13-28)37-18-20-38(21-19-37)34(40)42-43(25(3)4,26(5)6)27(7)8/h9-15,23-27,32H,17-22H2,1-8H3,(H,36,39)/t32-/m1/s1. The summed E-state index contributed by atoms with van der Waals surface area (Å²) in [4.78, 5) is 30.0. The predicted molar refractivity (Wildman–Crippen MR) is 176 cm³/mol. The number of ether oxygens (including phenoxy) is 1. The minimum Gasteiger partial charge on any atom is -0.503 e.